The van der Waals surface area contributed by atoms with E-state index in [9.17, 15) is 13.6 Å². The van der Waals surface area contributed by atoms with Gasteiger partial charge in [-0.25, -0.2) is 4.21 Å². The number of hydrogen-bond acceptors (Lipinski definition) is 3. The van der Waals surface area contributed by atoms with Gasteiger partial charge in [0.25, 0.3) is 5.91 Å². The average Bonchev–Trinajstić information content (AvgIpc) is 2.13. The number of rotatable bonds is 2. The Bertz CT molecular complexity index is 530. The predicted octanol–water partition coefficient (Wildman–Crippen LogP) is 1.79. The number of carbonyl (C=O) groups is 1. The zero-order valence-corrected chi connectivity index (χ0v) is 11.5. The fourth-order valence-corrected chi connectivity index (χ4v) is 2.41. The molecule has 0 radical (unpaired) electrons. The summed E-state index contributed by atoms with van der Waals surface area (Å²) in [6.45, 7) is 5.49. The lowest BCUT2D eigenvalue weighted by Gasteiger charge is -2.21. The quantitative estimate of drug-likeness (QED) is 0.862. The molecule has 4 nitrogen and oxygen atoms in total. The van der Waals surface area contributed by atoms with Gasteiger partial charge in [0.15, 0.2) is 8.77 Å². The maximum absolute atomic E-state index is 11.9. The number of nitrogens with one attached hydrogen (secondary N) is 1. The highest BCUT2D eigenvalue weighted by molar-refractivity contribution is 8.29. The summed E-state index contributed by atoms with van der Waals surface area (Å²) in [5, 5.41) is 2.73. The summed E-state index contributed by atoms with van der Waals surface area (Å²) in [4.78, 5) is 11.9. The summed E-state index contributed by atoms with van der Waals surface area (Å²) < 4.78 is 20.8. The van der Waals surface area contributed by atoms with Gasteiger partial charge in [0, 0.05) is 16.7 Å². The number of hydrogen-bond donors (Lipinski definition) is 2. The molecule has 0 heterocycles. The van der Waals surface area contributed by atoms with Crippen molar-refractivity contribution in [3.8, 4) is 0 Å². The van der Waals surface area contributed by atoms with E-state index in [1.165, 1.54) is 12.1 Å². The van der Waals surface area contributed by atoms with Crippen molar-refractivity contribution in [3.05, 3.63) is 29.8 Å². The molecule has 1 aromatic carbocycles. The summed E-state index contributed by atoms with van der Waals surface area (Å²) in [5.74, 6) is -0.403. The molecule has 6 heteroatoms. The fraction of sp³-hybridized carbons (Fsp3) is 0.364. The molecular weight excluding hydrogens is 258 g/mol. The van der Waals surface area contributed by atoms with Crippen molar-refractivity contribution in [2.24, 2.45) is 0 Å². The second-order valence-electron chi connectivity index (χ2n) is 4.68. The molecule has 2 N–H and O–H groups in total. The monoisotopic (exact) mass is 273 g/mol. The first-order valence-electron chi connectivity index (χ1n) is 5.00. The van der Waals surface area contributed by atoms with E-state index < -0.39 is 20.2 Å². The Morgan fingerprint density at radius 3 is 2.35 bits per heavy atom. The van der Waals surface area contributed by atoms with Crippen molar-refractivity contribution in [2.75, 3.05) is 0 Å². The molecule has 17 heavy (non-hydrogen) atoms. The molecule has 0 fully saturated rings. The van der Waals surface area contributed by atoms with E-state index in [1.54, 1.807) is 12.1 Å². The van der Waals surface area contributed by atoms with E-state index in [-0.39, 0.29) is 10.5 Å². The minimum absolute atomic E-state index is 0.0169. The molecule has 0 aliphatic rings. The van der Waals surface area contributed by atoms with Crippen LogP contribution in [-0.4, -0.2) is 20.2 Å². The minimum Gasteiger partial charge on any atom is -0.347 e. The van der Waals surface area contributed by atoms with Crippen LogP contribution in [-0.2, 0) is 20.0 Å². The van der Waals surface area contributed by atoms with Gasteiger partial charge in [0.1, 0.15) is 0 Å². The van der Waals surface area contributed by atoms with Crippen LogP contribution in [0.2, 0.25) is 0 Å². The van der Waals surface area contributed by atoms with Gasteiger partial charge in [-0.15, -0.1) is 0 Å². The molecule has 0 saturated heterocycles. The van der Waals surface area contributed by atoms with Gasteiger partial charge < -0.3 is 9.87 Å². The van der Waals surface area contributed by atoms with Crippen LogP contribution >= 0.6 is 0 Å². The van der Waals surface area contributed by atoms with Crippen LogP contribution in [0, 0.1) is 0 Å². The van der Waals surface area contributed by atoms with Gasteiger partial charge in [0.05, 0.1) is 10.5 Å². The summed E-state index contributed by atoms with van der Waals surface area (Å²) in [6, 6.07) is 6.08. The molecule has 0 bridgehead atoms. The Hall–Kier alpha value is -0.980. The van der Waals surface area contributed by atoms with E-state index in [1.807, 2.05) is 20.8 Å². The lowest BCUT2D eigenvalue weighted by atomic mass is 10.1. The van der Waals surface area contributed by atoms with Crippen LogP contribution in [0.4, 0.5) is 0 Å². The summed E-state index contributed by atoms with van der Waals surface area (Å²) >= 11 is 4.50. The Balaban J connectivity index is 3.20. The van der Waals surface area contributed by atoms with E-state index in [2.05, 4.69) is 16.5 Å². The second-order valence-corrected chi connectivity index (χ2v) is 7.42. The molecule has 0 aliphatic heterocycles. The maximum atomic E-state index is 11.9. The molecule has 1 amide bonds. The van der Waals surface area contributed by atoms with E-state index in [4.69, 9.17) is 0 Å². The van der Waals surface area contributed by atoms with Gasteiger partial charge in [-0.2, -0.15) is 0 Å². The zero-order chi connectivity index (χ0) is 13.3. The molecule has 0 aliphatic carbocycles. The van der Waals surface area contributed by atoms with Gasteiger partial charge in [-0.1, -0.05) is 12.1 Å². The number of carbonyl (C=O) groups excluding carboxylic acids is 1. The molecule has 0 saturated carbocycles. The Morgan fingerprint density at radius 1 is 1.35 bits per heavy atom. The third-order valence-electron chi connectivity index (χ3n) is 1.90. The SMILES string of the molecule is CC(C)(C)NC(=O)c1ccccc1S(=O)(O)=S. The van der Waals surface area contributed by atoms with Gasteiger partial charge >= 0.3 is 0 Å². The van der Waals surface area contributed by atoms with Gasteiger partial charge in [-0.05, 0) is 32.9 Å². The largest absolute Gasteiger partial charge is 0.347 e. The predicted molar refractivity (Wildman–Crippen MR) is 70.1 cm³/mol. The van der Waals surface area contributed by atoms with Gasteiger partial charge in [-0.3, -0.25) is 4.79 Å². The van der Waals surface area contributed by atoms with Crippen molar-refractivity contribution in [2.45, 2.75) is 31.2 Å². The molecule has 1 atom stereocenters. The molecular formula is C11H15NO3S2. The smallest absolute Gasteiger partial charge is 0.253 e. The van der Waals surface area contributed by atoms with Gasteiger partial charge in [0.2, 0.25) is 0 Å². The Labute approximate surface area is 106 Å². The lowest BCUT2D eigenvalue weighted by molar-refractivity contribution is 0.0916. The van der Waals surface area contributed by atoms with Crippen molar-refractivity contribution < 1.29 is 13.6 Å². The standard InChI is InChI=1S/C11H15NO3S2/c1-11(2,3)12-10(13)8-6-4-5-7-9(8)17(14,15)16/h4-7H,1-3H3,(H,12,13)(H,14,15,16). The summed E-state index contributed by atoms with van der Waals surface area (Å²) in [7, 11) is -3.56. The highest BCUT2D eigenvalue weighted by atomic mass is 32.8. The third kappa shape index (κ3) is 4.07. The fourth-order valence-electron chi connectivity index (χ4n) is 1.29. The van der Waals surface area contributed by atoms with Crippen molar-refractivity contribution in [3.63, 3.8) is 0 Å². The van der Waals surface area contributed by atoms with Crippen molar-refractivity contribution >= 4 is 25.9 Å². The molecule has 94 valence electrons. The van der Waals surface area contributed by atoms with E-state index in [0.717, 1.165) is 0 Å². The van der Waals surface area contributed by atoms with Crippen LogP contribution in [0.1, 0.15) is 31.1 Å². The van der Waals surface area contributed by atoms with Crippen molar-refractivity contribution in [1.82, 2.24) is 5.32 Å². The van der Waals surface area contributed by atoms with E-state index >= 15 is 0 Å². The first-order valence-corrected chi connectivity index (χ1v) is 7.44. The minimum atomic E-state index is -3.56. The molecule has 0 spiro atoms. The van der Waals surface area contributed by atoms with Crippen LogP contribution < -0.4 is 5.32 Å². The number of amides is 1. The molecule has 0 aromatic heterocycles. The Kier molecular flexibility index (Phi) is 3.91. The number of benzene rings is 1. The van der Waals surface area contributed by atoms with Crippen molar-refractivity contribution in [1.29, 1.82) is 0 Å². The normalized spacial score (nSPS) is 15.1. The first-order chi connectivity index (χ1) is 7.61. The Morgan fingerprint density at radius 2 is 1.88 bits per heavy atom. The van der Waals surface area contributed by atoms with E-state index in [0.29, 0.717) is 0 Å². The van der Waals surface area contributed by atoms with Crippen LogP contribution in [0.5, 0.6) is 0 Å². The third-order valence-corrected chi connectivity index (χ3v) is 3.35. The summed E-state index contributed by atoms with van der Waals surface area (Å²) in [5.41, 5.74) is -0.271. The molecule has 1 aromatic rings. The molecule has 1 rings (SSSR count). The highest BCUT2D eigenvalue weighted by Gasteiger charge is 2.20. The van der Waals surface area contributed by atoms with Crippen LogP contribution in [0.3, 0.4) is 0 Å². The topological polar surface area (TPSA) is 66.4 Å². The van der Waals surface area contributed by atoms with Crippen LogP contribution in [0.25, 0.3) is 0 Å². The first kappa shape index (κ1) is 14.1. The summed E-state index contributed by atoms with van der Waals surface area (Å²) in [6.07, 6.45) is 0. The molecule has 1 unspecified atom stereocenters. The highest BCUT2D eigenvalue weighted by Crippen LogP contribution is 2.16. The maximum Gasteiger partial charge on any atom is 0.253 e. The second kappa shape index (κ2) is 4.72. The average molecular weight is 273 g/mol. The van der Waals surface area contributed by atoms with Crippen LogP contribution in [0.15, 0.2) is 29.2 Å². The lowest BCUT2D eigenvalue weighted by Crippen LogP contribution is -2.41. The zero-order valence-electron chi connectivity index (χ0n) is 9.89.